The van der Waals surface area contributed by atoms with Crippen molar-refractivity contribution in [2.24, 2.45) is 11.8 Å². The Bertz CT molecular complexity index is 308. The lowest BCUT2D eigenvalue weighted by Crippen LogP contribution is -2.41. The molecule has 18 heavy (non-hydrogen) atoms. The third-order valence-electron chi connectivity index (χ3n) is 4.46. The van der Waals surface area contributed by atoms with Gasteiger partial charge in [0.15, 0.2) is 0 Å². The van der Waals surface area contributed by atoms with E-state index in [0.29, 0.717) is 22.2 Å². The van der Waals surface area contributed by atoms with Gasteiger partial charge in [-0.25, -0.2) is 0 Å². The smallest absolute Gasteiger partial charge is 0.136 e. The lowest BCUT2D eigenvalue weighted by atomic mass is 9.85. The van der Waals surface area contributed by atoms with E-state index in [1.165, 1.54) is 6.42 Å². The van der Waals surface area contributed by atoms with Gasteiger partial charge in [0.2, 0.25) is 0 Å². The molecule has 0 radical (unpaired) electrons. The quantitative estimate of drug-likeness (QED) is 0.766. The van der Waals surface area contributed by atoms with E-state index >= 15 is 0 Å². The Balaban J connectivity index is 1.83. The highest BCUT2D eigenvalue weighted by Crippen LogP contribution is 2.37. The van der Waals surface area contributed by atoms with E-state index in [1.807, 2.05) is 0 Å². The number of Topliss-reactive ketones (excluding diaryl/α,β-unsaturated/α-hetero) is 1. The molecular weight excluding hydrogens is 244 g/mol. The zero-order valence-electron chi connectivity index (χ0n) is 11.7. The van der Waals surface area contributed by atoms with Gasteiger partial charge in [0.05, 0.1) is 0 Å². The van der Waals surface area contributed by atoms with Gasteiger partial charge in [0.25, 0.3) is 0 Å². The van der Waals surface area contributed by atoms with Crippen LogP contribution in [0.15, 0.2) is 0 Å². The van der Waals surface area contributed by atoms with Crippen molar-refractivity contribution in [3.8, 4) is 0 Å². The van der Waals surface area contributed by atoms with Crippen LogP contribution in [0.3, 0.4) is 0 Å². The highest BCUT2D eigenvalue weighted by Gasteiger charge is 2.39. The van der Waals surface area contributed by atoms with Crippen LogP contribution in [-0.4, -0.2) is 20.5 Å². The SMILES string of the molecule is CC(C)CCCC(=O)C1CC2CCCC(C1)S2=O. The van der Waals surface area contributed by atoms with Gasteiger partial charge in [0.1, 0.15) is 5.78 Å². The molecule has 2 nitrogen and oxygen atoms in total. The van der Waals surface area contributed by atoms with Crippen molar-refractivity contribution in [2.45, 2.75) is 75.7 Å². The minimum atomic E-state index is -0.638. The fraction of sp³-hybridized carbons (Fsp3) is 0.933. The molecule has 2 aliphatic heterocycles. The Morgan fingerprint density at radius 2 is 1.83 bits per heavy atom. The van der Waals surface area contributed by atoms with E-state index in [2.05, 4.69) is 13.8 Å². The fourth-order valence-electron chi connectivity index (χ4n) is 3.39. The maximum atomic E-state index is 12.2. The Labute approximate surface area is 113 Å². The second kappa shape index (κ2) is 6.31. The zero-order chi connectivity index (χ0) is 13.1. The van der Waals surface area contributed by atoms with Crippen LogP contribution in [0.5, 0.6) is 0 Å². The number of hydrogen-bond acceptors (Lipinski definition) is 2. The van der Waals surface area contributed by atoms with Crippen molar-refractivity contribution >= 4 is 16.6 Å². The summed E-state index contributed by atoms with van der Waals surface area (Å²) in [6.07, 6.45) is 8.12. The maximum Gasteiger partial charge on any atom is 0.136 e. The monoisotopic (exact) mass is 270 g/mol. The molecule has 0 aromatic carbocycles. The van der Waals surface area contributed by atoms with Crippen molar-refractivity contribution in [3.05, 3.63) is 0 Å². The maximum absolute atomic E-state index is 12.2. The van der Waals surface area contributed by atoms with Gasteiger partial charge < -0.3 is 0 Å². The van der Waals surface area contributed by atoms with Crippen LogP contribution in [-0.2, 0) is 15.6 Å². The summed E-state index contributed by atoms with van der Waals surface area (Å²) in [4.78, 5) is 12.2. The zero-order valence-corrected chi connectivity index (χ0v) is 12.5. The molecule has 2 rings (SSSR count). The van der Waals surface area contributed by atoms with Crippen molar-refractivity contribution < 1.29 is 9.00 Å². The Kier molecular flexibility index (Phi) is 4.99. The van der Waals surface area contributed by atoms with Gasteiger partial charge in [-0.15, -0.1) is 0 Å². The first-order valence-electron chi connectivity index (χ1n) is 7.50. The van der Waals surface area contributed by atoms with Crippen molar-refractivity contribution in [1.82, 2.24) is 0 Å². The minimum Gasteiger partial charge on any atom is -0.299 e. The van der Waals surface area contributed by atoms with Crippen molar-refractivity contribution in [3.63, 3.8) is 0 Å². The van der Waals surface area contributed by atoms with Crippen LogP contribution in [0.2, 0.25) is 0 Å². The Morgan fingerprint density at radius 1 is 1.22 bits per heavy atom. The molecule has 0 amide bonds. The van der Waals surface area contributed by atoms with Crippen LogP contribution in [0.4, 0.5) is 0 Å². The van der Waals surface area contributed by atoms with Crippen LogP contribution in [0.1, 0.15) is 65.2 Å². The summed E-state index contributed by atoms with van der Waals surface area (Å²) in [5.41, 5.74) is 0. The third kappa shape index (κ3) is 3.43. The third-order valence-corrected chi connectivity index (χ3v) is 6.63. The van der Waals surface area contributed by atoms with E-state index in [4.69, 9.17) is 0 Å². The van der Waals surface area contributed by atoms with Gasteiger partial charge >= 0.3 is 0 Å². The summed E-state index contributed by atoms with van der Waals surface area (Å²) in [6, 6.07) is 0. The van der Waals surface area contributed by atoms with Gasteiger partial charge in [-0.1, -0.05) is 26.7 Å². The van der Waals surface area contributed by atoms with Gasteiger partial charge in [-0.3, -0.25) is 9.00 Å². The molecule has 2 atom stereocenters. The summed E-state index contributed by atoms with van der Waals surface area (Å²) in [5, 5.41) is 0.660. The van der Waals surface area contributed by atoms with E-state index in [0.717, 1.165) is 44.9 Å². The van der Waals surface area contributed by atoms with E-state index in [1.54, 1.807) is 0 Å². The van der Waals surface area contributed by atoms with Gasteiger partial charge in [-0.05, 0) is 38.0 Å². The van der Waals surface area contributed by atoms with Crippen LogP contribution in [0.25, 0.3) is 0 Å². The summed E-state index contributed by atoms with van der Waals surface area (Å²) in [6.45, 7) is 4.41. The molecule has 2 unspecified atom stereocenters. The van der Waals surface area contributed by atoms with Crippen LogP contribution >= 0.6 is 0 Å². The van der Waals surface area contributed by atoms with Crippen LogP contribution in [0, 0.1) is 11.8 Å². The molecule has 2 fully saturated rings. The second-order valence-electron chi connectivity index (χ2n) is 6.42. The summed E-state index contributed by atoms with van der Waals surface area (Å²) in [7, 11) is -0.638. The van der Waals surface area contributed by atoms with E-state index in [9.17, 15) is 9.00 Å². The van der Waals surface area contributed by atoms with E-state index < -0.39 is 10.8 Å². The molecule has 0 N–H and O–H groups in total. The number of carbonyl (C=O) groups excluding carboxylic acids is 1. The molecule has 2 bridgehead atoms. The molecule has 2 heterocycles. The molecule has 0 aliphatic carbocycles. The van der Waals surface area contributed by atoms with Crippen LogP contribution < -0.4 is 0 Å². The first kappa shape index (κ1) is 14.2. The second-order valence-corrected chi connectivity index (χ2v) is 8.41. The number of carbonyl (C=O) groups is 1. The first-order valence-corrected chi connectivity index (χ1v) is 8.77. The predicted octanol–water partition coefficient (Wildman–Crippen LogP) is 3.46. The molecule has 0 aromatic rings. The fourth-order valence-corrected chi connectivity index (χ4v) is 5.57. The molecule has 0 saturated carbocycles. The molecular formula is C15H26O2S. The topological polar surface area (TPSA) is 34.1 Å². The highest BCUT2D eigenvalue weighted by molar-refractivity contribution is 7.86. The normalized spacial score (nSPS) is 35.7. The highest BCUT2D eigenvalue weighted by atomic mass is 32.2. The molecule has 3 heteroatoms. The molecule has 0 spiro atoms. The number of fused-ring (bicyclic) bond motifs is 2. The average Bonchev–Trinajstić information content (AvgIpc) is 2.27. The predicted molar refractivity (Wildman–Crippen MR) is 76.0 cm³/mol. The molecule has 104 valence electrons. The lowest BCUT2D eigenvalue weighted by molar-refractivity contribution is -0.123. The van der Waals surface area contributed by atoms with Crippen molar-refractivity contribution in [2.75, 3.05) is 0 Å². The summed E-state index contributed by atoms with van der Waals surface area (Å²) in [5.74, 6) is 1.37. The summed E-state index contributed by atoms with van der Waals surface area (Å²) >= 11 is 0. The molecule has 2 saturated heterocycles. The number of ketones is 1. The number of hydrogen-bond donors (Lipinski definition) is 0. The van der Waals surface area contributed by atoms with E-state index in [-0.39, 0.29) is 5.92 Å². The lowest BCUT2D eigenvalue weighted by Gasteiger charge is -2.37. The standard InChI is InChI=1S/C15H26O2S/c1-11(2)5-3-8-15(16)12-9-13-6-4-7-14(10-12)18(13)17/h11-14H,3-10H2,1-2H3. The Morgan fingerprint density at radius 3 is 2.39 bits per heavy atom. The molecule has 0 aromatic heterocycles. The average molecular weight is 270 g/mol. The summed E-state index contributed by atoms with van der Waals surface area (Å²) < 4.78 is 12.1. The Hall–Kier alpha value is -0.180. The van der Waals surface area contributed by atoms with Gasteiger partial charge in [-0.2, -0.15) is 0 Å². The largest absolute Gasteiger partial charge is 0.299 e. The minimum absolute atomic E-state index is 0.227. The number of rotatable bonds is 5. The van der Waals surface area contributed by atoms with Gasteiger partial charge in [0, 0.05) is 33.6 Å². The van der Waals surface area contributed by atoms with Crippen molar-refractivity contribution in [1.29, 1.82) is 0 Å². The first-order chi connectivity index (χ1) is 8.58. The molecule has 2 aliphatic rings.